The van der Waals surface area contributed by atoms with Crippen LogP contribution >= 0.6 is 11.6 Å². The van der Waals surface area contributed by atoms with Crippen molar-refractivity contribution < 1.29 is 13.2 Å². The quantitative estimate of drug-likeness (QED) is 0.562. The molecule has 3 aromatic rings. The number of benzene rings is 3. The molecule has 3 rings (SSSR count). The Bertz CT molecular complexity index is 1140. The molecule has 0 aliphatic heterocycles. The summed E-state index contributed by atoms with van der Waals surface area (Å²) in [6.07, 6.45) is 1.56. The molecule has 0 unspecified atom stereocenters. The summed E-state index contributed by atoms with van der Waals surface area (Å²) in [7, 11) is -3.76. The summed E-state index contributed by atoms with van der Waals surface area (Å²) < 4.78 is 27.6. The van der Waals surface area contributed by atoms with Crippen LogP contribution < -0.4 is 5.73 Å². The topological polar surface area (TPSA) is 80.5 Å². The van der Waals surface area contributed by atoms with Crippen LogP contribution in [0, 0.1) is 0 Å². The van der Waals surface area contributed by atoms with Gasteiger partial charge in [0.05, 0.1) is 0 Å². The van der Waals surface area contributed by atoms with E-state index in [2.05, 4.69) is 0 Å². The van der Waals surface area contributed by atoms with Gasteiger partial charge in [-0.15, -0.1) is 0 Å². The molecule has 3 aromatic carbocycles. The van der Waals surface area contributed by atoms with Gasteiger partial charge in [-0.1, -0.05) is 72.3 Å². The number of hydrogen-bond acceptors (Lipinski definition) is 3. The first-order valence-corrected chi connectivity index (χ1v) is 11.1. The highest BCUT2D eigenvalue weighted by Gasteiger charge is 2.21. The number of hydrogen-bond donors (Lipinski definition) is 1. The van der Waals surface area contributed by atoms with E-state index in [4.69, 9.17) is 17.3 Å². The highest BCUT2D eigenvalue weighted by Crippen LogP contribution is 2.22. The molecule has 0 saturated heterocycles. The Kier molecular flexibility index (Phi) is 7.05. The van der Waals surface area contributed by atoms with E-state index in [0.29, 0.717) is 16.1 Å². The van der Waals surface area contributed by atoms with E-state index < -0.39 is 15.9 Å². The predicted octanol–water partition coefficient (Wildman–Crippen LogP) is 4.44. The summed E-state index contributed by atoms with van der Waals surface area (Å²) in [5, 5.41) is 1.69. The molecule has 0 radical (unpaired) electrons. The number of primary amides is 1. The fourth-order valence-corrected chi connectivity index (χ4v) is 4.19. The average Bonchev–Trinajstić information content (AvgIpc) is 2.74. The third-order valence-electron chi connectivity index (χ3n) is 4.49. The maximum atomic E-state index is 13.1. The summed E-state index contributed by atoms with van der Waals surface area (Å²) in [4.78, 5) is 11.3. The van der Waals surface area contributed by atoms with Crippen LogP contribution in [-0.4, -0.2) is 18.6 Å². The fraction of sp³-hybridized carbons (Fsp3) is 0.0870. The second-order valence-electron chi connectivity index (χ2n) is 6.68. The van der Waals surface area contributed by atoms with Crippen molar-refractivity contribution in [2.24, 2.45) is 5.73 Å². The van der Waals surface area contributed by atoms with Gasteiger partial charge in [0.1, 0.15) is 0 Å². The van der Waals surface area contributed by atoms with Crippen molar-refractivity contribution in [3.63, 3.8) is 0 Å². The summed E-state index contributed by atoms with van der Waals surface area (Å²) in [6.45, 7) is 0.227. The summed E-state index contributed by atoms with van der Waals surface area (Å²) >= 11 is 6.26. The van der Waals surface area contributed by atoms with E-state index in [-0.39, 0.29) is 13.1 Å². The van der Waals surface area contributed by atoms with Gasteiger partial charge in [-0.3, -0.25) is 4.79 Å². The summed E-state index contributed by atoms with van der Waals surface area (Å²) in [5.41, 5.74) is 7.85. The molecule has 0 spiro atoms. The van der Waals surface area contributed by atoms with E-state index in [9.17, 15) is 13.2 Å². The third kappa shape index (κ3) is 5.79. The van der Waals surface area contributed by atoms with Crippen LogP contribution in [0.15, 0.2) is 84.3 Å². The van der Waals surface area contributed by atoms with E-state index >= 15 is 0 Å². The maximum absolute atomic E-state index is 13.1. The molecule has 30 heavy (non-hydrogen) atoms. The Balaban J connectivity index is 1.90. The fourth-order valence-electron chi connectivity index (χ4n) is 2.85. The first kappa shape index (κ1) is 21.8. The zero-order valence-corrected chi connectivity index (χ0v) is 17.7. The molecule has 0 saturated carbocycles. The molecule has 5 nitrogen and oxygen atoms in total. The number of sulfonamides is 1. The van der Waals surface area contributed by atoms with Gasteiger partial charge < -0.3 is 5.73 Å². The summed E-state index contributed by atoms with van der Waals surface area (Å²) in [5.74, 6) is -0.534. The first-order valence-electron chi connectivity index (χ1n) is 9.20. The van der Waals surface area contributed by atoms with Crippen molar-refractivity contribution in [3.8, 4) is 0 Å². The molecule has 1 amide bonds. The van der Waals surface area contributed by atoms with Crippen LogP contribution in [0.5, 0.6) is 0 Å². The minimum Gasteiger partial charge on any atom is -0.366 e. The SMILES string of the molecule is NC(=O)c1ccc(CN(Cc2ccccc2Cl)S(=O)(=O)C=Cc2ccccc2)cc1. The number of nitrogens with two attached hydrogens (primary N) is 1. The second-order valence-corrected chi connectivity index (χ2v) is 8.90. The van der Waals surface area contributed by atoms with Crippen molar-refractivity contribution in [3.05, 3.63) is 112 Å². The highest BCUT2D eigenvalue weighted by molar-refractivity contribution is 7.92. The van der Waals surface area contributed by atoms with Crippen molar-refractivity contribution in [1.29, 1.82) is 0 Å². The number of nitrogens with zero attached hydrogens (tertiary/aromatic N) is 1. The Labute approximate surface area is 181 Å². The number of halogens is 1. The van der Waals surface area contributed by atoms with Gasteiger partial charge >= 0.3 is 0 Å². The van der Waals surface area contributed by atoms with Crippen LogP contribution in [-0.2, 0) is 23.1 Å². The van der Waals surface area contributed by atoms with Crippen LogP contribution in [0.4, 0.5) is 0 Å². The summed E-state index contributed by atoms with van der Waals surface area (Å²) in [6, 6.07) is 22.9. The maximum Gasteiger partial charge on any atom is 0.248 e. The minimum absolute atomic E-state index is 0.110. The molecule has 2 N–H and O–H groups in total. The zero-order chi connectivity index (χ0) is 21.6. The van der Waals surface area contributed by atoms with Crippen LogP contribution in [0.3, 0.4) is 0 Å². The van der Waals surface area contributed by atoms with Crippen molar-refractivity contribution in [1.82, 2.24) is 4.31 Å². The molecule has 154 valence electrons. The number of amides is 1. The largest absolute Gasteiger partial charge is 0.366 e. The molecule has 0 fully saturated rings. The Morgan fingerprint density at radius 1 is 0.900 bits per heavy atom. The molecule has 0 aromatic heterocycles. The Hall–Kier alpha value is -2.93. The predicted molar refractivity (Wildman–Crippen MR) is 120 cm³/mol. The van der Waals surface area contributed by atoms with Gasteiger partial charge in [0, 0.05) is 29.1 Å². The molecule has 0 aliphatic carbocycles. The second kappa shape index (κ2) is 9.71. The van der Waals surface area contributed by atoms with Crippen molar-refractivity contribution >= 4 is 33.6 Å². The van der Waals surface area contributed by atoms with Gasteiger partial charge in [0.2, 0.25) is 15.9 Å². The number of rotatable bonds is 8. The lowest BCUT2D eigenvalue weighted by Gasteiger charge is -2.21. The van der Waals surface area contributed by atoms with Crippen LogP contribution in [0.25, 0.3) is 6.08 Å². The molecular formula is C23H21ClN2O3S. The molecule has 7 heteroatoms. The van der Waals surface area contributed by atoms with Crippen LogP contribution in [0.1, 0.15) is 27.0 Å². The van der Waals surface area contributed by atoms with E-state index in [1.54, 1.807) is 48.5 Å². The molecule has 0 heterocycles. The van der Waals surface area contributed by atoms with E-state index in [0.717, 1.165) is 11.1 Å². The number of carbonyl (C=O) groups is 1. The standard InChI is InChI=1S/C23H21ClN2O3S/c24-22-9-5-4-8-21(22)17-26(16-19-10-12-20(13-11-19)23(25)27)30(28,29)15-14-18-6-2-1-3-7-18/h1-15H,16-17H2,(H2,25,27). The van der Waals surface area contributed by atoms with Crippen LogP contribution in [0.2, 0.25) is 5.02 Å². The average molecular weight is 441 g/mol. The normalized spacial score (nSPS) is 11.8. The van der Waals surface area contributed by atoms with Gasteiger partial charge in [0.15, 0.2) is 0 Å². The van der Waals surface area contributed by atoms with E-state index in [1.807, 2.05) is 36.4 Å². The Morgan fingerprint density at radius 2 is 1.53 bits per heavy atom. The van der Waals surface area contributed by atoms with E-state index in [1.165, 1.54) is 9.71 Å². The van der Waals surface area contributed by atoms with Crippen molar-refractivity contribution in [2.75, 3.05) is 0 Å². The lowest BCUT2D eigenvalue weighted by atomic mass is 10.1. The minimum atomic E-state index is -3.76. The third-order valence-corrected chi connectivity index (χ3v) is 6.32. The van der Waals surface area contributed by atoms with Gasteiger partial charge in [-0.05, 0) is 41.0 Å². The molecule has 0 aliphatic rings. The highest BCUT2D eigenvalue weighted by atomic mass is 35.5. The monoisotopic (exact) mass is 440 g/mol. The van der Waals surface area contributed by atoms with Crippen molar-refractivity contribution in [2.45, 2.75) is 13.1 Å². The van der Waals surface area contributed by atoms with Gasteiger partial charge in [0.25, 0.3) is 0 Å². The lowest BCUT2D eigenvalue weighted by molar-refractivity contribution is 0.1000. The Morgan fingerprint density at radius 3 is 2.17 bits per heavy atom. The number of carbonyl (C=O) groups excluding carboxylic acids is 1. The molecule has 0 atom stereocenters. The molecule has 0 bridgehead atoms. The lowest BCUT2D eigenvalue weighted by Crippen LogP contribution is -2.28. The van der Waals surface area contributed by atoms with Gasteiger partial charge in [-0.2, -0.15) is 4.31 Å². The molecular weight excluding hydrogens is 420 g/mol. The first-order chi connectivity index (χ1) is 14.3. The zero-order valence-electron chi connectivity index (χ0n) is 16.1. The van der Waals surface area contributed by atoms with Gasteiger partial charge in [-0.25, -0.2) is 8.42 Å². The smallest absolute Gasteiger partial charge is 0.248 e.